The Bertz CT molecular complexity index is 400. The Hall–Kier alpha value is -1.35. The van der Waals surface area contributed by atoms with Crippen LogP contribution in [0, 0.1) is 0 Å². The predicted molar refractivity (Wildman–Crippen MR) is 87.3 cm³/mol. The summed E-state index contributed by atoms with van der Waals surface area (Å²) in [5, 5.41) is 3.45. The highest BCUT2D eigenvalue weighted by Crippen LogP contribution is 2.14. The van der Waals surface area contributed by atoms with Crippen LogP contribution >= 0.6 is 0 Å². The fourth-order valence-corrected chi connectivity index (χ4v) is 2.26. The molecule has 0 aliphatic heterocycles. The Morgan fingerprint density at radius 2 is 1.90 bits per heavy atom. The Kier molecular flexibility index (Phi) is 8.76. The van der Waals surface area contributed by atoms with Gasteiger partial charge in [0, 0.05) is 12.5 Å². The lowest BCUT2D eigenvalue weighted by molar-refractivity contribution is -0.143. The van der Waals surface area contributed by atoms with Crippen LogP contribution in [0.1, 0.15) is 63.6 Å². The van der Waals surface area contributed by atoms with Crippen LogP contribution < -0.4 is 5.32 Å². The van der Waals surface area contributed by atoms with Crippen LogP contribution in [0.3, 0.4) is 0 Å². The second-order valence-corrected chi connectivity index (χ2v) is 5.43. The fraction of sp³-hybridized carbons (Fsp3) is 0.611. The summed E-state index contributed by atoms with van der Waals surface area (Å²) in [7, 11) is 0. The zero-order chi connectivity index (χ0) is 15.5. The summed E-state index contributed by atoms with van der Waals surface area (Å²) >= 11 is 0. The molecule has 3 nitrogen and oxygen atoms in total. The molecular formula is C18H29NO2. The van der Waals surface area contributed by atoms with Gasteiger partial charge in [-0.2, -0.15) is 0 Å². The van der Waals surface area contributed by atoms with Crippen molar-refractivity contribution >= 4 is 5.97 Å². The van der Waals surface area contributed by atoms with E-state index in [1.807, 2.05) is 6.92 Å². The van der Waals surface area contributed by atoms with Crippen molar-refractivity contribution < 1.29 is 9.53 Å². The zero-order valence-electron chi connectivity index (χ0n) is 13.7. The fourth-order valence-electron chi connectivity index (χ4n) is 2.26. The van der Waals surface area contributed by atoms with Gasteiger partial charge in [-0.3, -0.25) is 4.79 Å². The number of carbonyl (C=O) groups excluding carboxylic acids is 1. The van der Waals surface area contributed by atoms with E-state index in [0.717, 1.165) is 19.4 Å². The molecule has 21 heavy (non-hydrogen) atoms. The molecule has 1 aromatic rings. The highest BCUT2D eigenvalue weighted by atomic mass is 16.5. The highest BCUT2D eigenvalue weighted by Gasteiger charge is 2.06. The van der Waals surface area contributed by atoms with Gasteiger partial charge in [0.15, 0.2) is 0 Å². The van der Waals surface area contributed by atoms with Gasteiger partial charge < -0.3 is 10.1 Å². The van der Waals surface area contributed by atoms with Gasteiger partial charge in [-0.1, -0.05) is 37.6 Å². The molecule has 1 unspecified atom stereocenters. The molecule has 0 heterocycles. The van der Waals surface area contributed by atoms with Gasteiger partial charge in [-0.05, 0) is 50.8 Å². The Labute approximate surface area is 129 Å². The minimum atomic E-state index is -0.104. The quantitative estimate of drug-likeness (QED) is 0.522. The number of benzene rings is 1. The Morgan fingerprint density at radius 3 is 2.52 bits per heavy atom. The predicted octanol–water partition coefficient (Wildman–Crippen LogP) is 4.02. The number of hydrogen-bond acceptors (Lipinski definition) is 3. The van der Waals surface area contributed by atoms with Crippen LogP contribution in [0.4, 0.5) is 0 Å². The van der Waals surface area contributed by atoms with Crippen LogP contribution in [0.15, 0.2) is 24.3 Å². The third-order valence-corrected chi connectivity index (χ3v) is 3.61. The van der Waals surface area contributed by atoms with Gasteiger partial charge in [0.1, 0.15) is 0 Å². The third kappa shape index (κ3) is 7.28. The summed E-state index contributed by atoms with van der Waals surface area (Å²) in [4.78, 5) is 11.2. The lowest BCUT2D eigenvalue weighted by atomic mass is 10.0. The summed E-state index contributed by atoms with van der Waals surface area (Å²) in [6.07, 6.45) is 4.96. The molecule has 1 atom stereocenters. The van der Waals surface area contributed by atoms with E-state index in [1.54, 1.807) is 0 Å². The maximum Gasteiger partial charge on any atom is 0.305 e. The second-order valence-electron chi connectivity index (χ2n) is 5.43. The van der Waals surface area contributed by atoms with Crippen molar-refractivity contribution in [3.05, 3.63) is 35.4 Å². The molecule has 0 bridgehead atoms. The number of carbonyl (C=O) groups is 1. The van der Waals surface area contributed by atoms with E-state index in [2.05, 4.69) is 43.4 Å². The summed E-state index contributed by atoms with van der Waals surface area (Å²) in [6, 6.07) is 9.17. The Morgan fingerprint density at radius 1 is 1.19 bits per heavy atom. The van der Waals surface area contributed by atoms with E-state index in [4.69, 9.17) is 4.74 Å². The van der Waals surface area contributed by atoms with Crippen molar-refractivity contribution in [2.75, 3.05) is 13.2 Å². The van der Waals surface area contributed by atoms with E-state index < -0.39 is 0 Å². The monoisotopic (exact) mass is 291 g/mol. The van der Waals surface area contributed by atoms with Crippen molar-refractivity contribution in [2.45, 2.75) is 58.9 Å². The van der Waals surface area contributed by atoms with E-state index in [0.29, 0.717) is 19.1 Å². The zero-order valence-corrected chi connectivity index (χ0v) is 13.7. The number of nitrogens with one attached hydrogen (secondary N) is 1. The van der Waals surface area contributed by atoms with Crippen molar-refractivity contribution in [2.24, 2.45) is 0 Å². The standard InChI is InChI=1S/C18H29NO2/c1-4-6-8-16-10-12-17(13-11-16)15(3)19-14-7-9-18(20)21-5-2/h10-13,15,19H,4-9,14H2,1-3H3. The normalized spacial score (nSPS) is 12.1. The molecule has 3 heteroatoms. The molecule has 0 spiro atoms. The van der Waals surface area contributed by atoms with Gasteiger partial charge in [0.25, 0.3) is 0 Å². The van der Waals surface area contributed by atoms with E-state index in [9.17, 15) is 4.79 Å². The van der Waals surface area contributed by atoms with Gasteiger partial charge in [0.05, 0.1) is 6.61 Å². The molecule has 1 rings (SSSR count). The van der Waals surface area contributed by atoms with Crippen molar-refractivity contribution in [1.82, 2.24) is 5.32 Å². The maximum absolute atomic E-state index is 11.2. The minimum Gasteiger partial charge on any atom is -0.466 e. The van der Waals surface area contributed by atoms with Gasteiger partial charge in [-0.15, -0.1) is 0 Å². The number of ether oxygens (including phenoxy) is 1. The van der Waals surface area contributed by atoms with Gasteiger partial charge in [-0.25, -0.2) is 0 Å². The molecule has 1 aromatic carbocycles. The number of rotatable bonds is 10. The van der Waals surface area contributed by atoms with Crippen LogP contribution in [-0.2, 0) is 16.0 Å². The van der Waals surface area contributed by atoms with Crippen LogP contribution in [0.25, 0.3) is 0 Å². The maximum atomic E-state index is 11.2. The number of aryl methyl sites for hydroxylation is 1. The molecule has 0 aliphatic carbocycles. The van der Waals surface area contributed by atoms with Gasteiger partial charge >= 0.3 is 5.97 Å². The summed E-state index contributed by atoms with van der Waals surface area (Å²) in [5.41, 5.74) is 2.71. The van der Waals surface area contributed by atoms with Crippen molar-refractivity contribution in [3.8, 4) is 0 Å². The summed E-state index contributed by atoms with van der Waals surface area (Å²) in [6.45, 7) is 7.51. The molecule has 0 radical (unpaired) electrons. The smallest absolute Gasteiger partial charge is 0.305 e. The highest BCUT2D eigenvalue weighted by molar-refractivity contribution is 5.69. The number of hydrogen-bond donors (Lipinski definition) is 1. The lowest BCUT2D eigenvalue weighted by Crippen LogP contribution is -2.20. The first-order valence-corrected chi connectivity index (χ1v) is 8.15. The van der Waals surface area contributed by atoms with E-state index in [1.165, 1.54) is 24.0 Å². The largest absolute Gasteiger partial charge is 0.466 e. The van der Waals surface area contributed by atoms with Crippen LogP contribution in [-0.4, -0.2) is 19.1 Å². The van der Waals surface area contributed by atoms with Crippen molar-refractivity contribution in [3.63, 3.8) is 0 Å². The second kappa shape index (κ2) is 10.4. The van der Waals surface area contributed by atoms with Crippen LogP contribution in [0.5, 0.6) is 0 Å². The molecule has 0 aliphatic rings. The average Bonchev–Trinajstić information content (AvgIpc) is 2.50. The SMILES string of the molecule is CCCCc1ccc(C(C)NCCCC(=O)OCC)cc1. The molecule has 118 valence electrons. The van der Waals surface area contributed by atoms with Crippen LogP contribution in [0.2, 0.25) is 0 Å². The minimum absolute atomic E-state index is 0.104. The summed E-state index contributed by atoms with van der Waals surface area (Å²) < 4.78 is 4.91. The molecule has 0 fully saturated rings. The molecule has 0 saturated heterocycles. The first-order chi connectivity index (χ1) is 10.2. The molecule has 1 N–H and O–H groups in total. The number of unbranched alkanes of at least 4 members (excludes halogenated alkanes) is 1. The third-order valence-electron chi connectivity index (χ3n) is 3.61. The molecule has 0 amide bonds. The molecular weight excluding hydrogens is 262 g/mol. The van der Waals surface area contributed by atoms with E-state index >= 15 is 0 Å². The van der Waals surface area contributed by atoms with E-state index in [-0.39, 0.29) is 5.97 Å². The number of esters is 1. The Balaban J connectivity index is 2.28. The van der Waals surface area contributed by atoms with Gasteiger partial charge in [0.2, 0.25) is 0 Å². The molecule has 0 aromatic heterocycles. The first kappa shape index (κ1) is 17.7. The first-order valence-electron chi connectivity index (χ1n) is 8.15. The topological polar surface area (TPSA) is 38.3 Å². The average molecular weight is 291 g/mol. The lowest BCUT2D eigenvalue weighted by Gasteiger charge is -2.14. The molecule has 0 saturated carbocycles. The van der Waals surface area contributed by atoms with Crippen molar-refractivity contribution in [1.29, 1.82) is 0 Å². The summed E-state index contributed by atoms with van der Waals surface area (Å²) in [5.74, 6) is -0.104.